The van der Waals surface area contributed by atoms with Gasteiger partial charge in [-0.05, 0) is 26.0 Å². The summed E-state index contributed by atoms with van der Waals surface area (Å²) in [7, 11) is 0. The van der Waals surface area contributed by atoms with E-state index in [-0.39, 0.29) is 40.9 Å². The maximum Gasteiger partial charge on any atom is 0.461 e. The first kappa shape index (κ1) is 21.8. The minimum absolute atomic E-state index is 0. The fraction of sp³-hybridized carbons (Fsp3) is 0.500. The SMILES string of the molecule is CC1=[N+](C(F)(F)CCC(F)(F)F)c2ccc(C(=O)O)cc2C1(C)C.[I-]. The summed E-state index contributed by atoms with van der Waals surface area (Å²) in [4.78, 5) is 11.1. The molecular formula is C16H17F5INO2. The van der Waals surface area contributed by atoms with E-state index in [4.69, 9.17) is 5.11 Å². The first-order chi connectivity index (χ1) is 10.8. The summed E-state index contributed by atoms with van der Waals surface area (Å²) in [6.45, 7) is 4.68. The van der Waals surface area contributed by atoms with E-state index in [1.54, 1.807) is 13.8 Å². The Morgan fingerprint density at radius 3 is 2.20 bits per heavy atom. The molecule has 25 heavy (non-hydrogen) atoms. The number of fused-ring (bicyclic) bond motifs is 1. The van der Waals surface area contributed by atoms with Crippen LogP contribution in [0.1, 0.15) is 49.5 Å². The molecule has 0 saturated heterocycles. The van der Waals surface area contributed by atoms with Crippen molar-refractivity contribution in [2.45, 2.75) is 51.3 Å². The monoisotopic (exact) mass is 477 g/mol. The maximum absolute atomic E-state index is 14.5. The second-order valence-electron chi connectivity index (χ2n) is 6.36. The molecule has 1 aromatic carbocycles. The number of alkyl halides is 5. The van der Waals surface area contributed by atoms with Crippen molar-refractivity contribution in [1.82, 2.24) is 0 Å². The molecule has 0 aromatic heterocycles. The molecule has 9 heteroatoms. The van der Waals surface area contributed by atoms with Gasteiger partial charge in [0, 0.05) is 18.6 Å². The van der Waals surface area contributed by atoms with Crippen LogP contribution in [0.5, 0.6) is 0 Å². The van der Waals surface area contributed by atoms with Crippen molar-refractivity contribution in [3.63, 3.8) is 0 Å². The highest BCUT2D eigenvalue weighted by Gasteiger charge is 2.55. The standard InChI is InChI=1S/C16H16F5NO2.HI/c1-9-14(2,3)11-8-10(13(23)24)4-5-12(11)22(9)16(20,21)7-6-15(17,18)19;/h4-5,8H,6-7H2,1-3H3;1H. The predicted octanol–water partition coefficient (Wildman–Crippen LogP) is 1.72. The van der Waals surface area contributed by atoms with Crippen LogP contribution in [-0.4, -0.2) is 33.6 Å². The third kappa shape index (κ3) is 4.12. The zero-order chi connectivity index (χ0) is 18.5. The highest BCUT2D eigenvalue weighted by molar-refractivity contribution is 5.95. The van der Waals surface area contributed by atoms with Crippen molar-refractivity contribution in [3.05, 3.63) is 29.3 Å². The van der Waals surface area contributed by atoms with Crippen molar-refractivity contribution in [2.75, 3.05) is 0 Å². The Morgan fingerprint density at radius 1 is 1.16 bits per heavy atom. The molecule has 0 bridgehead atoms. The first-order valence-corrected chi connectivity index (χ1v) is 7.24. The Morgan fingerprint density at radius 2 is 1.72 bits per heavy atom. The van der Waals surface area contributed by atoms with Gasteiger partial charge in [0.1, 0.15) is 0 Å². The van der Waals surface area contributed by atoms with E-state index >= 15 is 0 Å². The number of carboxylic acid groups (broad SMARTS) is 1. The van der Waals surface area contributed by atoms with Crippen molar-refractivity contribution in [3.8, 4) is 0 Å². The van der Waals surface area contributed by atoms with Crippen LogP contribution in [0, 0.1) is 0 Å². The Hall–Kier alpha value is -1.26. The minimum atomic E-state index is -4.68. The number of carboxylic acids is 1. The van der Waals surface area contributed by atoms with E-state index in [1.165, 1.54) is 25.1 Å². The Balaban J connectivity index is 0.00000312. The van der Waals surface area contributed by atoms with Gasteiger partial charge in [-0.25, -0.2) is 4.79 Å². The molecule has 1 aliphatic heterocycles. The topological polar surface area (TPSA) is 40.3 Å². The van der Waals surface area contributed by atoms with Gasteiger partial charge in [-0.1, -0.05) is 0 Å². The summed E-state index contributed by atoms with van der Waals surface area (Å²) in [6.07, 6.45) is -7.65. The number of halogens is 6. The summed E-state index contributed by atoms with van der Waals surface area (Å²) >= 11 is 0. The van der Waals surface area contributed by atoms with Crippen LogP contribution in [0.2, 0.25) is 0 Å². The summed E-state index contributed by atoms with van der Waals surface area (Å²) in [5, 5.41) is 9.06. The molecule has 1 heterocycles. The minimum Gasteiger partial charge on any atom is -1.00 e. The van der Waals surface area contributed by atoms with Crippen LogP contribution < -0.4 is 24.0 Å². The summed E-state index contributed by atoms with van der Waals surface area (Å²) < 4.78 is 66.6. The molecule has 1 N–H and O–H groups in total. The van der Waals surface area contributed by atoms with E-state index < -0.39 is 36.4 Å². The Kier molecular flexibility index (Phi) is 5.93. The van der Waals surface area contributed by atoms with Gasteiger partial charge in [0.05, 0.1) is 23.8 Å². The van der Waals surface area contributed by atoms with Gasteiger partial charge in [-0.15, -0.1) is 13.4 Å². The molecule has 0 aliphatic carbocycles. The average Bonchev–Trinajstić information content (AvgIpc) is 2.64. The molecule has 3 nitrogen and oxygen atoms in total. The van der Waals surface area contributed by atoms with E-state index in [0.717, 1.165) is 0 Å². The number of nitrogens with zero attached hydrogens (tertiary/aromatic N) is 1. The van der Waals surface area contributed by atoms with Crippen molar-refractivity contribution in [1.29, 1.82) is 0 Å². The molecule has 0 spiro atoms. The third-order valence-corrected chi connectivity index (χ3v) is 4.43. The van der Waals surface area contributed by atoms with Crippen LogP contribution in [0.25, 0.3) is 0 Å². The van der Waals surface area contributed by atoms with E-state index in [0.29, 0.717) is 10.1 Å². The van der Waals surface area contributed by atoms with Gasteiger partial charge in [-0.3, -0.25) is 0 Å². The number of hydrogen-bond donors (Lipinski definition) is 1. The third-order valence-electron chi connectivity index (χ3n) is 4.43. The number of aromatic carboxylic acids is 1. The molecule has 0 amide bonds. The van der Waals surface area contributed by atoms with E-state index in [1.807, 2.05) is 0 Å². The van der Waals surface area contributed by atoms with Gasteiger partial charge < -0.3 is 29.1 Å². The molecule has 0 fully saturated rings. The summed E-state index contributed by atoms with van der Waals surface area (Å²) in [6, 6.07) is -0.0465. The maximum atomic E-state index is 14.5. The van der Waals surface area contributed by atoms with Crippen molar-refractivity contribution >= 4 is 17.4 Å². The van der Waals surface area contributed by atoms with E-state index in [2.05, 4.69) is 0 Å². The van der Waals surface area contributed by atoms with Crippen LogP contribution in [-0.2, 0) is 5.41 Å². The molecular weight excluding hydrogens is 460 g/mol. The molecule has 140 valence electrons. The van der Waals surface area contributed by atoms with Gasteiger partial charge in [0.15, 0.2) is 5.71 Å². The molecule has 2 rings (SSSR count). The highest BCUT2D eigenvalue weighted by atomic mass is 127. The lowest BCUT2D eigenvalue weighted by Crippen LogP contribution is -3.00. The molecule has 1 aromatic rings. The zero-order valence-corrected chi connectivity index (χ0v) is 15.9. The zero-order valence-electron chi connectivity index (χ0n) is 13.7. The van der Waals surface area contributed by atoms with Gasteiger partial charge in [0.25, 0.3) is 0 Å². The van der Waals surface area contributed by atoms with E-state index in [9.17, 15) is 26.7 Å². The van der Waals surface area contributed by atoms with Gasteiger partial charge in [0.2, 0.25) is 5.69 Å². The number of rotatable bonds is 4. The normalized spacial score (nSPS) is 16.5. The van der Waals surface area contributed by atoms with Gasteiger partial charge in [-0.2, -0.15) is 13.2 Å². The molecule has 1 aliphatic rings. The highest BCUT2D eigenvalue weighted by Crippen LogP contribution is 2.45. The number of hydrogen-bond acceptors (Lipinski definition) is 1. The quantitative estimate of drug-likeness (QED) is 0.311. The lowest BCUT2D eigenvalue weighted by Gasteiger charge is -2.16. The summed E-state index contributed by atoms with van der Waals surface area (Å²) in [5.74, 6) is -1.20. The molecule has 0 radical (unpaired) electrons. The fourth-order valence-electron chi connectivity index (χ4n) is 2.85. The first-order valence-electron chi connectivity index (χ1n) is 7.24. The largest absolute Gasteiger partial charge is 1.00 e. The Labute approximate surface area is 158 Å². The number of carbonyl (C=O) groups is 1. The van der Waals surface area contributed by atoms with Crippen LogP contribution >= 0.6 is 0 Å². The average molecular weight is 477 g/mol. The lowest BCUT2D eigenvalue weighted by molar-refractivity contribution is -0.616. The van der Waals surface area contributed by atoms with Gasteiger partial charge >= 0.3 is 18.2 Å². The second-order valence-corrected chi connectivity index (χ2v) is 6.36. The molecule has 0 saturated carbocycles. The van der Waals surface area contributed by atoms with Crippen molar-refractivity contribution in [2.24, 2.45) is 0 Å². The predicted molar refractivity (Wildman–Crippen MR) is 77.3 cm³/mol. The van der Waals surface area contributed by atoms with Crippen LogP contribution in [0.4, 0.5) is 27.6 Å². The number of benzene rings is 1. The van der Waals surface area contributed by atoms with Crippen LogP contribution in [0.15, 0.2) is 18.2 Å². The second kappa shape index (κ2) is 6.81. The smallest absolute Gasteiger partial charge is 0.461 e. The molecule has 0 unspecified atom stereocenters. The fourth-order valence-corrected chi connectivity index (χ4v) is 2.85. The van der Waals surface area contributed by atoms with Crippen molar-refractivity contribution < 1.29 is 60.4 Å². The lowest BCUT2D eigenvalue weighted by atomic mass is 9.81. The van der Waals surface area contributed by atoms with Crippen LogP contribution in [0.3, 0.4) is 0 Å². The Bertz CT molecular complexity index is 726. The summed E-state index contributed by atoms with van der Waals surface area (Å²) in [5.41, 5.74) is -0.411. The molecule has 0 atom stereocenters.